The quantitative estimate of drug-likeness (QED) is 0.627. The summed E-state index contributed by atoms with van der Waals surface area (Å²) in [5, 5.41) is 4.30. The monoisotopic (exact) mass is 212 g/mol. The van der Waals surface area contributed by atoms with Crippen LogP contribution >= 0.6 is 12.9 Å². The van der Waals surface area contributed by atoms with E-state index in [-0.39, 0.29) is 18.2 Å². The van der Waals surface area contributed by atoms with E-state index in [9.17, 15) is 0 Å². The van der Waals surface area contributed by atoms with Crippen LogP contribution in [0.4, 0.5) is 0 Å². The van der Waals surface area contributed by atoms with E-state index in [4.69, 9.17) is 0 Å². The molecule has 10 heavy (non-hydrogen) atoms. The van der Waals surface area contributed by atoms with Gasteiger partial charge in [-0.1, -0.05) is 0 Å². The molecule has 0 aliphatic rings. The average molecular weight is 213 g/mol. The predicted octanol–water partition coefficient (Wildman–Crippen LogP) is 0.676. The first-order chi connectivity index (χ1) is 4.66. The van der Waals surface area contributed by atoms with Gasteiger partial charge >= 0.3 is 18.2 Å². The highest BCUT2D eigenvalue weighted by atomic mass is 79.9. The summed E-state index contributed by atoms with van der Waals surface area (Å²) >= 11 is 3.34. The third kappa shape index (κ3) is 1.38. The minimum absolute atomic E-state index is 0.217. The summed E-state index contributed by atoms with van der Waals surface area (Å²) in [6.07, 6.45) is 0. The molecule has 1 rings (SSSR count). The maximum atomic E-state index is 4.30. The van der Waals surface area contributed by atoms with Crippen LogP contribution in [0.25, 0.3) is 0 Å². The normalized spacial score (nSPS) is 9.60. The van der Waals surface area contributed by atoms with E-state index in [2.05, 4.69) is 31.8 Å². The zero-order valence-electron chi connectivity index (χ0n) is 6.48. The van der Waals surface area contributed by atoms with E-state index < -0.39 is 0 Å². The molecule has 52 valence electrons. The Morgan fingerprint density at radius 2 is 2.10 bits per heavy atom. The standard InChI is InChI=1S/C6H9N2.BrH.Mg/c1-5-4-6(2)8(3)7-5;;/h1-3H3;1H;/q;;+1/p-1. The Hall–Kier alpha value is 0.456. The van der Waals surface area contributed by atoms with Crippen LogP contribution < -0.4 is 3.69 Å². The Labute approximate surface area is 76.6 Å². The van der Waals surface area contributed by atoms with Crippen molar-refractivity contribution in [2.45, 2.75) is 13.8 Å². The van der Waals surface area contributed by atoms with E-state index in [1.54, 1.807) is 0 Å². The summed E-state index contributed by atoms with van der Waals surface area (Å²) in [4.78, 5) is 0. The molecular formula is C6H9BrMgN2. The Morgan fingerprint density at radius 3 is 2.30 bits per heavy atom. The van der Waals surface area contributed by atoms with Crippen molar-refractivity contribution in [2.24, 2.45) is 7.05 Å². The Bertz CT molecular complexity index is 244. The van der Waals surface area contributed by atoms with Crippen molar-refractivity contribution in [1.82, 2.24) is 9.78 Å². The van der Waals surface area contributed by atoms with Crippen LogP contribution in [0.5, 0.6) is 0 Å². The average Bonchev–Trinajstić information content (AvgIpc) is 2.09. The first-order valence-electron chi connectivity index (χ1n) is 3.22. The lowest BCUT2D eigenvalue weighted by atomic mass is 10.4. The molecule has 0 amide bonds. The lowest BCUT2D eigenvalue weighted by Crippen LogP contribution is -2.13. The first kappa shape index (κ1) is 8.55. The van der Waals surface area contributed by atoms with Crippen LogP contribution in [0.3, 0.4) is 0 Å². The second kappa shape index (κ2) is 3.24. The highest BCUT2D eigenvalue weighted by molar-refractivity contribution is 9.23. The number of hydrogen-bond acceptors (Lipinski definition) is 1. The number of hydrogen-bond donors (Lipinski definition) is 0. The number of nitrogens with zero attached hydrogens (tertiary/aromatic N) is 2. The van der Waals surface area contributed by atoms with E-state index in [1.165, 1.54) is 15.1 Å². The third-order valence-electron chi connectivity index (χ3n) is 1.79. The molecule has 0 radical (unpaired) electrons. The van der Waals surface area contributed by atoms with Gasteiger partial charge in [0.15, 0.2) is 0 Å². The molecule has 0 saturated carbocycles. The van der Waals surface area contributed by atoms with E-state index >= 15 is 0 Å². The largest absolute Gasteiger partial charge is 0.512 e. The predicted molar refractivity (Wildman–Crippen MR) is 47.0 cm³/mol. The smallest absolute Gasteiger partial charge is 0.296 e. The Morgan fingerprint density at radius 1 is 1.50 bits per heavy atom. The molecule has 0 aromatic carbocycles. The van der Waals surface area contributed by atoms with Crippen LogP contribution in [-0.2, 0) is 7.05 Å². The maximum absolute atomic E-state index is 4.30. The van der Waals surface area contributed by atoms with E-state index in [0.717, 1.165) is 0 Å². The number of halogens is 1. The number of aryl methyl sites for hydroxylation is 2. The fraction of sp³-hybridized carbons (Fsp3) is 0.500. The second-order valence-corrected chi connectivity index (χ2v) is 5.06. The minimum Gasteiger partial charge on any atom is -0.296 e. The van der Waals surface area contributed by atoms with Gasteiger partial charge in [0, 0.05) is 18.4 Å². The summed E-state index contributed by atoms with van der Waals surface area (Å²) in [6, 6.07) is 0. The van der Waals surface area contributed by atoms with Crippen molar-refractivity contribution < 1.29 is 0 Å². The SMILES string of the molecule is Cc1nn(C)c(C)[c]1[Mg][Br]. The molecule has 0 spiro atoms. The summed E-state index contributed by atoms with van der Waals surface area (Å²) in [7, 11) is 1.99. The molecule has 0 bridgehead atoms. The minimum atomic E-state index is -0.217. The molecule has 0 saturated heterocycles. The molecule has 0 aliphatic carbocycles. The van der Waals surface area contributed by atoms with Gasteiger partial charge in [0.05, 0.1) is 0 Å². The lowest BCUT2D eigenvalue weighted by molar-refractivity contribution is 0.731. The molecule has 2 nitrogen and oxygen atoms in total. The van der Waals surface area contributed by atoms with Gasteiger partial charge < -0.3 is 0 Å². The first-order valence-corrected chi connectivity index (χ1v) is 7.82. The van der Waals surface area contributed by atoms with Crippen molar-refractivity contribution in [2.75, 3.05) is 0 Å². The van der Waals surface area contributed by atoms with Gasteiger partial charge in [-0.25, -0.2) is 0 Å². The molecule has 0 unspecified atom stereocenters. The summed E-state index contributed by atoms with van der Waals surface area (Å²) in [6.45, 7) is 4.18. The van der Waals surface area contributed by atoms with Gasteiger partial charge in [-0.3, -0.25) is 17.6 Å². The van der Waals surface area contributed by atoms with Crippen molar-refractivity contribution in [1.29, 1.82) is 0 Å². The number of aromatic nitrogens is 2. The van der Waals surface area contributed by atoms with E-state index in [1.807, 2.05) is 11.7 Å². The molecule has 4 heteroatoms. The zero-order valence-corrected chi connectivity index (χ0v) is 9.48. The maximum Gasteiger partial charge on any atom is 0.512 e. The molecule has 1 aromatic rings. The van der Waals surface area contributed by atoms with Crippen LogP contribution in [0.1, 0.15) is 11.4 Å². The van der Waals surface area contributed by atoms with Gasteiger partial charge in [0.1, 0.15) is 0 Å². The van der Waals surface area contributed by atoms with E-state index in [0.29, 0.717) is 0 Å². The highest BCUT2D eigenvalue weighted by Crippen LogP contribution is 1.97. The molecule has 0 aliphatic heterocycles. The fourth-order valence-electron chi connectivity index (χ4n) is 1.01. The second-order valence-electron chi connectivity index (χ2n) is 2.41. The van der Waals surface area contributed by atoms with Gasteiger partial charge in [0.25, 0.3) is 0 Å². The summed E-state index contributed by atoms with van der Waals surface area (Å²) in [5.41, 5.74) is 2.49. The summed E-state index contributed by atoms with van der Waals surface area (Å²) < 4.78 is 3.39. The zero-order chi connectivity index (χ0) is 7.72. The highest BCUT2D eigenvalue weighted by Gasteiger charge is 2.08. The molecule has 0 N–H and O–H groups in total. The Balaban J connectivity index is 3.20. The molecular weight excluding hydrogens is 204 g/mol. The Kier molecular flexibility index (Phi) is 2.77. The molecule has 0 fully saturated rings. The van der Waals surface area contributed by atoms with Crippen LogP contribution in [0.2, 0.25) is 0 Å². The topological polar surface area (TPSA) is 17.8 Å². The van der Waals surface area contributed by atoms with Gasteiger partial charge in [-0.05, 0) is 13.8 Å². The van der Waals surface area contributed by atoms with Crippen LogP contribution in [0, 0.1) is 13.8 Å². The van der Waals surface area contributed by atoms with Gasteiger partial charge in [0.2, 0.25) is 0 Å². The van der Waals surface area contributed by atoms with Crippen molar-refractivity contribution >= 4 is 34.8 Å². The molecule has 1 aromatic heterocycles. The van der Waals surface area contributed by atoms with Gasteiger partial charge in [-0.2, -0.15) is 5.10 Å². The van der Waals surface area contributed by atoms with Crippen molar-refractivity contribution in [3.63, 3.8) is 0 Å². The molecule has 1 heterocycles. The third-order valence-corrected chi connectivity index (χ3v) is 4.77. The lowest BCUT2D eigenvalue weighted by Gasteiger charge is -1.93. The van der Waals surface area contributed by atoms with Crippen molar-refractivity contribution in [3.05, 3.63) is 11.4 Å². The summed E-state index contributed by atoms with van der Waals surface area (Å²) in [5.74, 6) is 0. The van der Waals surface area contributed by atoms with Crippen molar-refractivity contribution in [3.8, 4) is 0 Å². The molecule has 0 atom stereocenters. The van der Waals surface area contributed by atoms with Gasteiger partial charge in [-0.15, -0.1) is 3.69 Å². The van der Waals surface area contributed by atoms with Crippen LogP contribution in [-0.4, -0.2) is 28.0 Å². The van der Waals surface area contributed by atoms with Crippen LogP contribution in [0.15, 0.2) is 0 Å². The fourth-order valence-corrected chi connectivity index (χ4v) is 4.13. The number of rotatable bonds is 1.